The molecule has 1 aliphatic carbocycles. The number of hydrogen-bond donors (Lipinski definition) is 1. The monoisotopic (exact) mass is 380 g/mol. The van der Waals surface area contributed by atoms with E-state index < -0.39 is 17.7 Å². The molecule has 1 aromatic rings. The lowest BCUT2D eigenvalue weighted by Gasteiger charge is -2.32. The molecular weight excluding hydrogens is 356 g/mol. The zero-order valence-electron chi connectivity index (χ0n) is 15.5. The highest BCUT2D eigenvalue weighted by molar-refractivity contribution is 7.18. The number of carbonyl (C=O) groups excluding carboxylic acids is 3. The molecule has 8 heteroatoms. The summed E-state index contributed by atoms with van der Waals surface area (Å²) in [6, 6.07) is 1.87. The third-order valence-corrected chi connectivity index (χ3v) is 5.42. The van der Waals surface area contributed by atoms with Crippen LogP contribution in [-0.2, 0) is 19.7 Å². The van der Waals surface area contributed by atoms with E-state index in [1.165, 1.54) is 11.3 Å². The summed E-state index contributed by atoms with van der Waals surface area (Å²) < 4.78 is 10.2. The first-order valence-corrected chi connectivity index (χ1v) is 9.54. The van der Waals surface area contributed by atoms with Crippen molar-refractivity contribution in [2.45, 2.75) is 51.6 Å². The number of rotatable bonds is 4. The van der Waals surface area contributed by atoms with Gasteiger partial charge in [-0.3, -0.25) is 14.9 Å². The minimum absolute atomic E-state index is 0.0411. The lowest BCUT2D eigenvalue weighted by molar-refractivity contribution is -0.143. The summed E-state index contributed by atoms with van der Waals surface area (Å²) in [6.07, 6.45) is 1.39. The molecule has 0 atom stereocenters. The van der Waals surface area contributed by atoms with Crippen LogP contribution in [0.1, 0.15) is 55.8 Å². The van der Waals surface area contributed by atoms with Gasteiger partial charge in [0.1, 0.15) is 12.1 Å². The first kappa shape index (κ1) is 18.7. The highest BCUT2D eigenvalue weighted by Gasteiger charge is 2.52. The number of hydrogen-bond acceptors (Lipinski definition) is 6. The van der Waals surface area contributed by atoms with Gasteiger partial charge in [0.05, 0.1) is 16.5 Å². The van der Waals surface area contributed by atoms with Gasteiger partial charge in [0.15, 0.2) is 0 Å². The van der Waals surface area contributed by atoms with Crippen molar-refractivity contribution in [1.82, 2.24) is 4.90 Å². The van der Waals surface area contributed by atoms with Gasteiger partial charge in [-0.15, -0.1) is 11.3 Å². The van der Waals surface area contributed by atoms with Crippen LogP contribution in [0.5, 0.6) is 0 Å². The molecule has 1 aliphatic heterocycles. The quantitative estimate of drug-likeness (QED) is 0.811. The summed E-state index contributed by atoms with van der Waals surface area (Å²) >= 11 is 1.23. The van der Waals surface area contributed by atoms with Crippen LogP contribution in [0.25, 0.3) is 0 Å². The van der Waals surface area contributed by atoms with Gasteiger partial charge < -0.3 is 14.4 Å². The average Bonchev–Trinajstić information content (AvgIpc) is 3.14. The molecule has 0 bridgehead atoms. The third-order valence-electron chi connectivity index (χ3n) is 4.38. The number of anilines is 1. The molecule has 2 aliphatic rings. The first-order chi connectivity index (χ1) is 12.1. The molecule has 3 rings (SSSR count). The Bertz CT molecular complexity index is 745. The van der Waals surface area contributed by atoms with Gasteiger partial charge in [0.2, 0.25) is 0 Å². The molecule has 0 radical (unpaired) electrons. The standard InChI is InChI=1S/C18H24N2O5S/c1-5-24-13(21)9-20-10-18(6-7-18)11-8-12(26-14(11)15(20)22)19-16(23)25-17(2,3)4/h8H,5-7,9-10H2,1-4H3,(H,19,23). The number of esters is 1. The zero-order valence-corrected chi connectivity index (χ0v) is 16.3. The predicted molar refractivity (Wildman–Crippen MR) is 97.6 cm³/mol. The fourth-order valence-corrected chi connectivity index (χ4v) is 4.28. The number of carbonyl (C=O) groups is 3. The van der Waals surface area contributed by atoms with E-state index in [2.05, 4.69) is 5.32 Å². The fraction of sp³-hybridized carbons (Fsp3) is 0.611. The summed E-state index contributed by atoms with van der Waals surface area (Å²) in [6.45, 7) is 7.89. The first-order valence-electron chi connectivity index (χ1n) is 8.73. The minimum Gasteiger partial charge on any atom is -0.465 e. The SMILES string of the molecule is CCOC(=O)CN1CC2(CC2)c2cc(NC(=O)OC(C)(C)C)sc2C1=O. The smallest absolute Gasteiger partial charge is 0.412 e. The molecule has 0 unspecified atom stereocenters. The maximum atomic E-state index is 12.8. The Morgan fingerprint density at radius 1 is 1.35 bits per heavy atom. The number of amides is 2. The number of thiophene rings is 1. The van der Waals surface area contributed by atoms with Gasteiger partial charge in [0.25, 0.3) is 5.91 Å². The van der Waals surface area contributed by atoms with Crippen molar-refractivity contribution in [3.05, 3.63) is 16.5 Å². The van der Waals surface area contributed by atoms with E-state index in [0.717, 1.165) is 18.4 Å². The lowest BCUT2D eigenvalue weighted by Crippen LogP contribution is -2.45. The predicted octanol–water partition coefficient (Wildman–Crippen LogP) is 3.15. The van der Waals surface area contributed by atoms with Crippen molar-refractivity contribution in [3.8, 4) is 0 Å². The number of nitrogens with one attached hydrogen (secondary N) is 1. The Morgan fingerprint density at radius 2 is 2.04 bits per heavy atom. The van der Waals surface area contributed by atoms with E-state index in [1.54, 1.807) is 32.6 Å². The number of fused-ring (bicyclic) bond motifs is 2. The molecule has 2 heterocycles. The van der Waals surface area contributed by atoms with Gasteiger partial charge in [-0.1, -0.05) is 0 Å². The van der Waals surface area contributed by atoms with Gasteiger partial charge in [-0.25, -0.2) is 4.79 Å². The van der Waals surface area contributed by atoms with Crippen molar-refractivity contribution >= 4 is 34.3 Å². The van der Waals surface area contributed by atoms with Crippen molar-refractivity contribution in [2.75, 3.05) is 25.0 Å². The van der Waals surface area contributed by atoms with E-state index in [1.807, 2.05) is 6.07 Å². The van der Waals surface area contributed by atoms with E-state index in [0.29, 0.717) is 23.0 Å². The molecule has 1 fully saturated rings. The second-order valence-electron chi connectivity index (χ2n) is 7.73. The molecule has 1 saturated carbocycles. The Labute approximate surface area is 156 Å². The molecule has 1 aromatic heterocycles. The van der Waals surface area contributed by atoms with Crippen LogP contribution in [0.15, 0.2) is 6.07 Å². The highest BCUT2D eigenvalue weighted by atomic mass is 32.1. The molecule has 0 saturated heterocycles. The van der Waals surface area contributed by atoms with Crippen LogP contribution in [0.4, 0.5) is 9.80 Å². The maximum absolute atomic E-state index is 12.8. The van der Waals surface area contributed by atoms with Crippen LogP contribution in [0.3, 0.4) is 0 Å². The van der Waals surface area contributed by atoms with Crippen LogP contribution < -0.4 is 5.32 Å². The van der Waals surface area contributed by atoms with E-state index in [9.17, 15) is 14.4 Å². The summed E-state index contributed by atoms with van der Waals surface area (Å²) in [5.41, 5.74) is 0.282. The molecule has 1 N–H and O–H groups in total. The zero-order chi connectivity index (χ0) is 19.1. The van der Waals surface area contributed by atoms with E-state index in [-0.39, 0.29) is 17.9 Å². The Balaban J connectivity index is 1.78. The third kappa shape index (κ3) is 3.85. The van der Waals surface area contributed by atoms with Crippen LogP contribution in [0, 0.1) is 0 Å². The molecule has 26 heavy (non-hydrogen) atoms. The topological polar surface area (TPSA) is 84.9 Å². The van der Waals surface area contributed by atoms with Crippen LogP contribution in [0.2, 0.25) is 0 Å². The minimum atomic E-state index is -0.592. The van der Waals surface area contributed by atoms with Gasteiger partial charge in [-0.05, 0) is 52.2 Å². The average molecular weight is 380 g/mol. The Kier molecular flexibility index (Phi) is 4.72. The summed E-state index contributed by atoms with van der Waals surface area (Å²) in [4.78, 5) is 38.7. The second kappa shape index (κ2) is 6.57. The summed E-state index contributed by atoms with van der Waals surface area (Å²) in [7, 11) is 0. The van der Waals surface area contributed by atoms with Gasteiger partial charge in [0, 0.05) is 12.0 Å². The second-order valence-corrected chi connectivity index (χ2v) is 8.78. The number of nitrogens with zero attached hydrogens (tertiary/aromatic N) is 1. The van der Waals surface area contributed by atoms with Crippen molar-refractivity contribution in [2.24, 2.45) is 0 Å². The lowest BCUT2D eigenvalue weighted by atomic mass is 9.92. The normalized spacial score (nSPS) is 17.7. The van der Waals surface area contributed by atoms with Gasteiger partial charge in [-0.2, -0.15) is 0 Å². The molecular formula is C18H24N2O5S. The van der Waals surface area contributed by atoms with Crippen LogP contribution >= 0.6 is 11.3 Å². The molecule has 1 spiro atoms. The van der Waals surface area contributed by atoms with Gasteiger partial charge >= 0.3 is 12.1 Å². The van der Waals surface area contributed by atoms with Crippen molar-refractivity contribution < 1.29 is 23.9 Å². The molecule has 0 aromatic carbocycles. The van der Waals surface area contributed by atoms with Crippen LogP contribution in [-0.4, -0.2) is 48.2 Å². The summed E-state index contributed by atoms with van der Waals surface area (Å²) in [5.74, 6) is -0.587. The van der Waals surface area contributed by atoms with Crippen molar-refractivity contribution in [3.63, 3.8) is 0 Å². The molecule has 2 amide bonds. The van der Waals surface area contributed by atoms with E-state index >= 15 is 0 Å². The largest absolute Gasteiger partial charge is 0.465 e. The number of ether oxygens (including phenoxy) is 2. The summed E-state index contributed by atoms with van der Waals surface area (Å²) in [5, 5.41) is 3.30. The van der Waals surface area contributed by atoms with Crippen molar-refractivity contribution in [1.29, 1.82) is 0 Å². The van der Waals surface area contributed by atoms with E-state index in [4.69, 9.17) is 9.47 Å². The highest BCUT2D eigenvalue weighted by Crippen LogP contribution is 2.54. The fourth-order valence-electron chi connectivity index (χ4n) is 3.14. The molecule has 7 nitrogen and oxygen atoms in total. The maximum Gasteiger partial charge on any atom is 0.412 e. The Hall–Kier alpha value is -2.09. The molecule has 142 valence electrons. The Morgan fingerprint density at radius 3 is 2.62 bits per heavy atom.